The Labute approximate surface area is 191 Å². The van der Waals surface area contributed by atoms with Crippen LogP contribution in [0.3, 0.4) is 0 Å². The van der Waals surface area contributed by atoms with Crippen LogP contribution in [-0.2, 0) is 16.2 Å². The van der Waals surface area contributed by atoms with Gasteiger partial charge in [-0.15, -0.1) is 0 Å². The van der Waals surface area contributed by atoms with Gasteiger partial charge in [0.15, 0.2) is 16.6 Å². The van der Waals surface area contributed by atoms with E-state index in [9.17, 15) is 9.59 Å². The summed E-state index contributed by atoms with van der Waals surface area (Å²) in [6, 6.07) is 23.9. The van der Waals surface area contributed by atoms with Crippen LogP contribution in [0.25, 0.3) is 6.08 Å². The van der Waals surface area contributed by atoms with E-state index in [0.717, 1.165) is 5.56 Å². The highest BCUT2D eigenvalue weighted by molar-refractivity contribution is 7.80. The highest BCUT2D eigenvalue weighted by Gasteiger charge is 2.34. The van der Waals surface area contributed by atoms with E-state index < -0.39 is 11.8 Å². The van der Waals surface area contributed by atoms with Crippen LogP contribution in [0.1, 0.15) is 11.1 Å². The normalized spacial score (nSPS) is 15.0. The van der Waals surface area contributed by atoms with Crippen molar-refractivity contribution in [3.05, 3.63) is 95.6 Å². The van der Waals surface area contributed by atoms with Crippen molar-refractivity contribution in [3.63, 3.8) is 0 Å². The van der Waals surface area contributed by atoms with Crippen LogP contribution < -0.4 is 19.7 Å². The van der Waals surface area contributed by atoms with Crippen LogP contribution >= 0.6 is 12.2 Å². The highest BCUT2D eigenvalue weighted by Crippen LogP contribution is 2.30. The minimum Gasteiger partial charge on any atom is -0.493 e. The number of thiocarbonyl (C=S) groups is 1. The molecule has 1 fully saturated rings. The molecule has 0 atom stereocenters. The summed E-state index contributed by atoms with van der Waals surface area (Å²) in [5, 5.41) is 2.63. The number of nitrogens with zero attached hydrogens (tertiary/aromatic N) is 1. The van der Waals surface area contributed by atoms with Gasteiger partial charge in [0.1, 0.15) is 12.2 Å². The summed E-state index contributed by atoms with van der Waals surface area (Å²) in [6.07, 6.45) is 1.51. The Morgan fingerprint density at radius 3 is 2.31 bits per heavy atom. The van der Waals surface area contributed by atoms with Gasteiger partial charge in [-0.3, -0.25) is 19.8 Å². The predicted molar refractivity (Wildman–Crippen MR) is 126 cm³/mol. The molecule has 6 nitrogen and oxygen atoms in total. The lowest BCUT2D eigenvalue weighted by Crippen LogP contribution is -2.54. The first kappa shape index (κ1) is 21.3. The van der Waals surface area contributed by atoms with Gasteiger partial charge in [0.05, 0.1) is 12.8 Å². The van der Waals surface area contributed by atoms with Gasteiger partial charge in [-0.25, -0.2) is 0 Å². The van der Waals surface area contributed by atoms with Crippen LogP contribution in [0.15, 0.2) is 84.4 Å². The standard InChI is InChI=1S/C25H20N2O4S/c1-30-22-15-18(12-13-21(22)31-16-17-8-4-2-5-9-17)14-20-23(28)26-25(32)27(24(20)29)19-10-6-3-7-11-19/h2-15H,16H2,1H3,(H,26,28,32)/b20-14-. The molecule has 1 N–H and O–H groups in total. The molecule has 1 saturated heterocycles. The molecule has 1 aliphatic rings. The molecule has 0 unspecified atom stereocenters. The van der Waals surface area contributed by atoms with E-state index in [2.05, 4.69) is 5.32 Å². The summed E-state index contributed by atoms with van der Waals surface area (Å²) < 4.78 is 11.3. The Kier molecular flexibility index (Phi) is 6.28. The van der Waals surface area contributed by atoms with Crippen LogP contribution in [0.4, 0.5) is 5.69 Å². The fourth-order valence-corrected chi connectivity index (χ4v) is 3.55. The SMILES string of the molecule is COc1cc(/C=C2/C(=O)NC(=S)N(c3ccccc3)C2=O)ccc1OCc1ccccc1. The number of methoxy groups -OCH3 is 1. The molecule has 2 amide bonds. The van der Waals surface area contributed by atoms with Crippen molar-refractivity contribution in [1.82, 2.24) is 5.32 Å². The summed E-state index contributed by atoms with van der Waals surface area (Å²) in [7, 11) is 1.54. The fourth-order valence-electron chi connectivity index (χ4n) is 3.26. The molecule has 0 saturated carbocycles. The minimum atomic E-state index is -0.546. The van der Waals surface area contributed by atoms with Crippen LogP contribution in [-0.4, -0.2) is 24.0 Å². The second-order valence-corrected chi connectivity index (χ2v) is 7.36. The summed E-state index contributed by atoms with van der Waals surface area (Å²) in [6.45, 7) is 0.391. The van der Waals surface area contributed by atoms with Gasteiger partial charge >= 0.3 is 0 Å². The lowest BCUT2D eigenvalue weighted by atomic mass is 10.1. The Hall–Kier alpha value is -3.97. The third-order valence-electron chi connectivity index (χ3n) is 4.85. The van der Waals surface area contributed by atoms with Crippen molar-refractivity contribution >= 4 is 40.9 Å². The first-order chi connectivity index (χ1) is 15.6. The van der Waals surface area contributed by atoms with Crippen molar-refractivity contribution in [2.75, 3.05) is 12.0 Å². The lowest BCUT2D eigenvalue weighted by Gasteiger charge is -2.28. The molecule has 1 heterocycles. The molecule has 0 aliphatic carbocycles. The van der Waals surface area contributed by atoms with E-state index in [0.29, 0.717) is 29.4 Å². The number of para-hydroxylation sites is 1. The number of hydrogen-bond donors (Lipinski definition) is 1. The zero-order valence-electron chi connectivity index (χ0n) is 17.3. The number of carbonyl (C=O) groups is 2. The molecule has 0 aromatic heterocycles. The second kappa shape index (κ2) is 9.45. The average Bonchev–Trinajstić information content (AvgIpc) is 2.82. The molecule has 160 valence electrons. The number of benzene rings is 3. The van der Waals surface area contributed by atoms with Gasteiger partial charge < -0.3 is 9.47 Å². The third-order valence-corrected chi connectivity index (χ3v) is 5.14. The maximum atomic E-state index is 13.1. The van der Waals surface area contributed by atoms with Crippen LogP contribution in [0.5, 0.6) is 11.5 Å². The molecule has 7 heteroatoms. The number of amides is 2. The van der Waals surface area contributed by atoms with Gasteiger partial charge in [-0.05, 0) is 53.7 Å². The molecule has 0 radical (unpaired) electrons. The Balaban J connectivity index is 1.59. The second-order valence-electron chi connectivity index (χ2n) is 6.98. The van der Waals surface area contributed by atoms with E-state index in [1.54, 1.807) is 42.5 Å². The zero-order chi connectivity index (χ0) is 22.5. The Morgan fingerprint density at radius 2 is 1.62 bits per heavy atom. The van der Waals surface area contributed by atoms with Gasteiger partial charge in [-0.2, -0.15) is 0 Å². The molecule has 3 aromatic rings. The molecule has 1 aliphatic heterocycles. The molecule has 3 aromatic carbocycles. The van der Waals surface area contributed by atoms with Crippen molar-refractivity contribution in [2.24, 2.45) is 0 Å². The van der Waals surface area contributed by atoms with Gasteiger partial charge in [0, 0.05) is 0 Å². The zero-order valence-corrected chi connectivity index (χ0v) is 18.1. The van der Waals surface area contributed by atoms with Crippen molar-refractivity contribution in [1.29, 1.82) is 0 Å². The monoisotopic (exact) mass is 444 g/mol. The maximum Gasteiger partial charge on any atom is 0.270 e. The summed E-state index contributed by atoms with van der Waals surface area (Å²) in [5.41, 5.74) is 2.20. The number of ether oxygens (including phenoxy) is 2. The molecule has 4 rings (SSSR count). The van der Waals surface area contributed by atoms with Crippen LogP contribution in [0, 0.1) is 0 Å². The van der Waals surface area contributed by atoms with Crippen LogP contribution in [0.2, 0.25) is 0 Å². The maximum absolute atomic E-state index is 13.1. The Morgan fingerprint density at radius 1 is 0.938 bits per heavy atom. The average molecular weight is 445 g/mol. The number of anilines is 1. The van der Waals surface area contributed by atoms with E-state index in [-0.39, 0.29) is 10.7 Å². The summed E-state index contributed by atoms with van der Waals surface area (Å²) >= 11 is 5.22. The predicted octanol–water partition coefficient (Wildman–Crippen LogP) is 4.11. The number of nitrogens with one attached hydrogen (secondary N) is 1. The molecule has 0 bridgehead atoms. The highest BCUT2D eigenvalue weighted by atomic mass is 32.1. The van der Waals surface area contributed by atoms with Crippen molar-refractivity contribution in [2.45, 2.75) is 6.61 Å². The first-order valence-electron chi connectivity index (χ1n) is 9.88. The topological polar surface area (TPSA) is 67.9 Å². The fraction of sp³-hybridized carbons (Fsp3) is 0.0800. The molecule has 32 heavy (non-hydrogen) atoms. The summed E-state index contributed by atoms with van der Waals surface area (Å²) in [4.78, 5) is 26.9. The quantitative estimate of drug-likeness (QED) is 0.352. The van der Waals surface area contributed by atoms with E-state index in [1.165, 1.54) is 18.1 Å². The van der Waals surface area contributed by atoms with E-state index >= 15 is 0 Å². The number of carbonyl (C=O) groups excluding carboxylic acids is 2. The number of rotatable bonds is 6. The summed E-state index contributed by atoms with van der Waals surface area (Å²) in [5.74, 6) is 0.0169. The third kappa shape index (κ3) is 4.53. The lowest BCUT2D eigenvalue weighted by molar-refractivity contribution is -0.122. The minimum absolute atomic E-state index is 0.0255. The van der Waals surface area contributed by atoms with Gasteiger partial charge in [0.2, 0.25) is 0 Å². The largest absolute Gasteiger partial charge is 0.493 e. The number of hydrogen-bond acceptors (Lipinski definition) is 5. The Bertz CT molecular complexity index is 1190. The van der Waals surface area contributed by atoms with Crippen molar-refractivity contribution in [3.8, 4) is 11.5 Å². The van der Waals surface area contributed by atoms with Crippen molar-refractivity contribution < 1.29 is 19.1 Å². The molecule has 0 spiro atoms. The smallest absolute Gasteiger partial charge is 0.270 e. The molecular formula is C25H20N2O4S. The van der Waals surface area contributed by atoms with E-state index in [1.807, 2.05) is 36.4 Å². The van der Waals surface area contributed by atoms with Gasteiger partial charge in [0.25, 0.3) is 11.8 Å². The first-order valence-corrected chi connectivity index (χ1v) is 10.3. The molecular weight excluding hydrogens is 424 g/mol. The van der Waals surface area contributed by atoms with E-state index in [4.69, 9.17) is 21.7 Å². The van der Waals surface area contributed by atoms with Gasteiger partial charge in [-0.1, -0.05) is 54.6 Å².